The van der Waals surface area contributed by atoms with Crippen LogP contribution in [0.25, 0.3) is 16.6 Å². The molecule has 1 fully saturated rings. The maximum absolute atomic E-state index is 13.1. The van der Waals surface area contributed by atoms with Gasteiger partial charge in [0.1, 0.15) is 5.82 Å². The fourth-order valence-electron chi connectivity index (χ4n) is 4.71. The summed E-state index contributed by atoms with van der Waals surface area (Å²) in [5, 5.41) is 0.579. The number of hydrogen-bond acceptors (Lipinski definition) is 4. The van der Waals surface area contributed by atoms with Crippen molar-refractivity contribution in [1.29, 1.82) is 0 Å². The molecule has 3 aromatic carbocycles. The zero-order chi connectivity index (χ0) is 23.8. The van der Waals surface area contributed by atoms with Crippen molar-refractivity contribution in [3.63, 3.8) is 0 Å². The van der Waals surface area contributed by atoms with E-state index in [1.165, 1.54) is 16.8 Å². The Hall–Kier alpha value is -3.93. The van der Waals surface area contributed by atoms with E-state index < -0.39 is 0 Å². The third kappa shape index (κ3) is 3.85. The van der Waals surface area contributed by atoms with E-state index in [0.29, 0.717) is 41.1 Å². The highest BCUT2D eigenvalue weighted by atomic mass is 16.2. The summed E-state index contributed by atoms with van der Waals surface area (Å²) in [5.41, 5.74) is 5.75. The molecular formula is C28H28N4O2. The van der Waals surface area contributed by atoms with Crippen LogP contribution in [0.3, 0.4) is 0 Å². The van der Waals surface area contributed by atoms with Crippen molar-refractivity contribution in [1.82, 2.24) is 14.5 Å². The average Bonchev–Trinajstić information content (AvgIpc) is 2.86. The number of nitrogens with zero attached hydrogens (tertiary/aromatic N) is 4. The molecule has 1 aromatic heterocycles. The number of aromatic nitrogens is 2. The Kier molecular flexibility index (Phi) is 5.65. The van der Waals surface area contributed by atoms with Gasteiger partial charge in [0, 0.05) is 37.4 Å². The van der Waals surface area contributed by atoms with Gasteiger partial charge in [-0.25, -0.2) is 4.98 Å². The second-order valence-electron chi connectivity index (χ2n) is 8.86. The maximum atomic E-state index is 13.1. The molecule has 0 N–H and O–H groups in total. The maximum Gasteiger partial charge on any atom is 0.265 e. The number of carbonyl (C=O) groups is 1. The molecule has 1 amide bonds. The molecule has 1 aliphatic rings. The lowest BCUT2D eigenvalue weighted by atomic mass is 10.1. The number of carbonyl (C=O) groups excluding carboxylic acids is 1. The van der Waals surface area contributed by atoms with E-state index >= 15 is 0 Å². The van der Waals surface area contributed by atoms with Gasteiger partial charge in [-0.05, 0) is 74.4 Å². The van der Waals surface area contributed by atoms with Gasteiger partial charge in [-0.2, -0.15) is 0 Å². The lowest BCUT2D eigenvalue weighted by molar-refractivity contribution is 0.0747. The van der Waals surface area contributed by atoms with E-state index in [4.69, 9.17) is 0 Å². The average molecular weight is 453 g/mol. The SMILES string of the molecule is Cc1cccc(N2CCN(C(=O)c3ccc(-n4c(C)nc5ccccc5c4=O)cc3)CC2)c1C. The molecule has 1 saturated heterocycles. The van der Waals surface area contributed by atoms with Crippen LogP contribution in [-0.2, 0) is 0 Å². The zero-order valence-electron chi connectivity index (χ0n) is 19.8. The standard InChI is InChI=1S/C28H28N4O2/c1-19-7-6-10-26(20(19)2)30-15-17-31(18-16-30)27(33)22-11-13-23(14-12-22)32-21(3)29-25-9-5-4-8-24(25)28(32)34/h4-14H,15-18H2,1-3H3. The van der Waals surface area contributed by atoms with Crippen LogP contribution in [0.2, 0.25) is 0 Å². The molecule has 0 bridgehead atoms. The number of fused-ring (bicyclic) bond motifs is 1. The molecule has 172 valence electrons. The summed E-state index contributed by atoms with van der Waals surface area (Å²) in [6.45, 7) is 9.09. The summed E-state index contributed by atoms with van der Waals surface area (Å²) in [6, 6.07) is 21.0. The summed E-state index contributed by atoms with van der Waals surface area (Å²) < 4.78 is 1.60. The highest BCUT2D eigenvalue weighted by Gasteiger charge is 2.23. The third-order valence-corrected chi connectivity index (χ3v) is 6.80. The van der Waals surface area contributed by atoms with E-state index in [0.717, 1.165) is 13.1 Å². The van der Waals surface area contributed by atoms with Crippen LogP contribution in [-0.4, -0.2) is 46.5 Å². The number of para-hydroxylation sites is 1. The van der Waals surface area contributed by atoms with Gasteiger partial charge in [-0.1, -0.05) is 24.3 Å². The Morgan fingerprint density at radius 1 is 0.824 bits per heavy atom. The molecule has 0 aliphatic carbocycles. The molecular weight excluding hydrogens is 424 g/mol. The van der Waals surface area contributed by atoms with Crippen molar-refractivity contribution in [3.8, 4) is 5.69 Å². The van der Waals surface area contributed by atoms with Gasteiger partial charge in [0.15, 0.2) is 0 Å². The minimum Gasteiger partial charge on any atom is -0.368 e. The Morgan fingerprint density at radius 2 is 1.53 bits per heavy atom. The number of hydrogen-bond donors (Lipinski definition) is 0. The topological polar surface area (TPSA) is 58.4 Å². The van der Waals surface area contributed by atoms with E-state index in [2.05, 4.69) is 41.9 Å². The van der Waals surface area contributed by atoms with Crippen molar-refractivity contribution >= 4 is 22.5 Å². The summed E-state index contributed by atoms with van der Waals surface area (Å²) in [4.78, 5) is 35.0. The van der Waals surface area contributed by atoms with Crippen molar-refractivity contribution in [2.24, 2.45) is 0 Å². The molecule has 6 nitrogen and oxygen atoms in total. The summed E-state index contributed by atoms with van der Waals surface area (Å²) in [6.07, 6.45) is 0. The monoisotopic (exact) mass is 452 g/mol. The number of benzene rings is 3. The molecule has 0 atom stereocenters. The summed E-state index contributed by atoms with van der Waals surface area (Å²) >= 11 is 0. The van der Waals surface area contributed by atoms with E-state index in [1.54, 1.807) is 22.8 Å². The molecule has 4 aromatic rings. The third-order valence-electron chi connectivity index (χ3n) is 6.80. The highest BCUT2D eigenvalue weighted by Crippen LogP contribution is 2.24. The first-order valence-corrected chi connectivity index (χ1v) is 11.6. The van der Waals surface area contributed by atoms with Gasteiger partial charge in [-0.15, -0.1) is 0 Å². The number of amides is 1. The lowest BCUT2D eigenvalue weighted by Crippen LogP contribution is -2.49. The van der Waals surface area contributed by atoms with Crippen molar-refractivity contribution < 1.29 is 4.79 Å². The first-order valence-electron chi connectivity index (χ1n) is 11.6. The molecule has 34 heavy (non-hydrogen) atoms. The lowest BCUT2D eigenvalue weighted by Gasteiger charge is -2.37. The Morgan fingerprint density at radius 3 is 2.26 bits per heavy atom. The van der Waals surface area contributed by atoms with Crippen LogP contribution in [0.4, 0.5) is 5.69 Å². The number of aryl methyl sites for hydroxylation is 2. The summed E-state index contributed by atoms with van der Waals surface area (Å²) in [7, 11) is 0. The van der Waals surface area contributed by atoms with E-state index in [-0.39, 0.29) is 11.5 Å². The molecule has 2 heterocycles. The molecule has 6 heteroatoms. The second kappa shape index (κ2) is 8.78. The molecule has 0 unspecified atom stereocenters. The normalized spacial score (nSPS) is 14.0. The van der Waals surface area contributed by atoms with E-state index in [9.17, 15) is 9.59 Å². The van der Waals surface area contributed by atoms with Crippen LogP contribution in [0.15, 0.2) is 71.5 Å². The van der Waals surface area contributed by atoms with Crippen molar-refractivity contribution in [2.75, 3.05) is 31.1 Å². The van der Waals surface area contributed by atoms with Gasteiger partial charge in [-0.3, -0.25) is 14.2 Å². The second-order valence-corrected chi connectivity index (χ2v) is 8.86. The van der Waals surface area contributed by atoms with Gasteiger partial charge in [0.25, 0.3) is 11.5 Å². The first-order chi connectivity index (χ1) is 16.4. The predicted molar refractivity (Wildman–Crippen MR) is 136 cm³/mol. The number of piperazine rings is 1. The Bertz CT molecular complexity index is 1430. The minimum atomic E-state index is -0.107. The molecule has 1 aliphatic heterocycles. The van der Waals surface area contributed by atoms with Crippen LogP contribution in [0, 0.1) is 20.8 Å². The first kappa shape index (κ1) is 21.9. The van der Waals surface area contributed by atoms with Gasteiger partial charge in [0.05, 0.1) is 16.6 Å². The van der Waals surface area contributed by atoms with Crippen LogP contribution < -0.4 is 10.5 Å². The fourth-order valence-corrected chi connectivity index (χ4v) is 4.71. The van der Waals surface area contributed by atoms with Gasteiger partial charge in [0.2, 0.25) is 0 Å². The Balaban J connectivity index is 1.33. The van der Waals surface area contributed by atoms with Crippen LogP contribution >= 0.6 is 0 Å². The fraction of sp³-hybridized carbons (Fsp3) is 0.250. The smallest absolute Gasteiger partial charge is 0.265 e. The quantitative estimate of drug-likeness (QED) is 0.466. The molecule has 5 rings (SSSR count). The predicted octanol–water partition coefficient (Wildman–Crippen LogP) is 4.27. The van der Waals surface area contributed by atoms with Crippen LogP contribution in [0.1, 0.15) is 27.3 Å². The molecule has 0 radical (unpaired) electrons. The summed E-state index contributed by atoms with van der Waals surface area (Å²) in [5.74, 6) is 0.637. The van der Waals surface area contributed by atoms with Gasteiger partial charge >= 0.3 is 0 Å². The van der Waals surface area contributed by atoms with Gasteiger partial charge < -0.3 is 9.80 Å². The highest BCUT2D eigenvalue weighted by molar-refractivity contribution is 5.94. The Labute approximate surface area is 199 Å². The molecule has 0 spiro atoms. The largest absolute Gasteiger partial charge is 0.368 e. The van der Waals surface area contributed by atoms with E-state index in [1.807, 2.05) is 42.2 Å². The van der Waals surface area contributed by atoms with Crippen LogP contribution in [0.5, 0.6) is 0 Å². The van der Waals surface area contributed by atoms with Crippen molar-refractivity contribution in [3.05, 3.63) is 99.6 Å². The van der Waals surface area contributed by atoms with Crippen molar-refractivity contribution in [2.45, 2.75) is 20.8 Å². The number of anilines is 1. The minimum absolute atomic E-state index is 0.0212. The zero-order valence-corrected chi connectivity index (χ0v) is 19.8. The molecule has 0 saturated carbocycles. The number of rotatable bonds is 3.